The molecule has 2 aromatic rings. The van der Waals surface area contributed by atoms with Gasteiger partial charge in [-0.2, -0.15) is 0 Å². The summed E-state index contributed by atoms with van der Waals surface area (Å²) in [6, 6.07) is -0.821. The number of thiophene rings is 1. The second-order valence-electron chi connectivity index (χ2n) is 4.60. The molecule has 7 nitrogen and oxygen atoms in total. The van der Waals surface area contributed by atoms with E-state index in [4.69, 9.17) is 5.11 Å². The Morgan fingerprint density at radius 1 is 1.52 bits per heavy atom. The molecule has 9 heteroatoms. The molecule has 0 bridgehead atoms. The zero-order valence-electron chi connectivity index (χ0n) is 11.0. The fraction of sp³-hybridized carbons (Fsp3) is 0.333. The molecule has 1 aliphatic heterocycles. The predicted octanol–water partition coefficient (Wildman–Crippen LogP) is 0.893. The summed E-state index contributed by atoms with van der Waals surface area (Å²) in [7, 11) is 0. The first-order valence-electron chi connectivity index (χ1n) is 6.09. The maximum Gasteiger partial charge on any atom is 0.327 e. The van der Waals surface area contributed by atoms with Crippen LogP contribution < -0.4 is 5.56 Å². The highest BCUT2D eigenvalue weighted by Gasteiger charge is 2.36. The van der Waals surface area contributed by atoms with Crippen molar-refractivity contribution in [1.29, 1.82) is 0 Å². The molecule has 3 rings (SSSR count). The van der Waals surface area contributed by atoms with Crippen molar-refractivity contribution in [2.24, 2.45) is 0 Å². The standard InChI is InChI=1S/C12H11N3O4S2/c1-5-7-9(16)13-3-14-10(7)21-8(5)11(17)15-4-20-2-6(15)12(18)19/h3,6H,2,4H2,1H3,(H,18,19)(H,13,14,16)/t6-/m0/s1. The van der Waals surface area contributed by atoms with Crippen LogP contribution >= 0.6 is 23.1 Å². The summed E-state index contributed by atoms with van der Waals surface area (Å²) in [6.45, 7) is 1.68. The van der Waals surface area contributed by atoms with Crippen molar-refractivity contribution >= 4 is 45.2 Å². The number of carboxylic acid groups (broad SMARTS) is 1. The number of carboxylic acids is 1. The van der Waals surface area contributed by atoms with Crippen LogP contribution in [0.25, 0.3) is 10.2 Å². The first-order chi connectivity index (χ1) is 10.0. The molecule has 110 valence electrons. The Morgan fingerprint density at radius 2 is 2.29 bits per heavy atom. The molecule has 1 fully saturated rings. The Kier molecular flexibility index (Phi) is 3.46. The number of aryl methyl sites for hydroxylation is 1. The van der Waals surface area contributed by atoms with Crippen molar-refractivity contribution in [3.05, 3.63) is 27.1 Å². The summed E-state index contributed by atoms with van der Waals surface area (Å²) in [5.41, 5.74) is 0.258. The highest BCUT2D eigenvalue weighted by atomic mass is 32.2. The van der Waals surface area contributed by atoms with E-state index in [9.17, 15) is 14.4 Å². The van der Waals surface area contributed by atoms with E-state index in [1.54, 1.807) is 6.92 Å². The third-order valence-corrected chi connectivity index (χ3v) is 5.56. The van der Waals surface area contributed by atoms with Crippen molar-refractivity contribution in [2.75, 3.05) is 11.6 Å². The van der Waals surface area contributed by atoms with E-state index in [0.29, 0.717) is 32.3 Å². The van der Waals surface area contributed by atoms with Gasteiger partial charge in [-0.15, -0.1) is 23.1 Å². The Morgan fingerprint density at radius 3 is 2.95 bits per heavy atom. The van der Waals surface area contributed by atoms with Crippen LogP contribution in [0.4, 0.5) is 0 Å². The Balaban J connectivity index is 2.06. The topological polar surface area (TPSA) is 103 Å². The summed E-state index contributed by atoms with van der Waals surface area (Å²) < 4.78 is 0. The lowest BCUT2D eigenvalue weighted by Gasteiger charge is -2.19. The number of fused-ring (bicyclic) bond motifs is 1. The van der Waals surface area contributed by atoms with Crippen LogP contribution in [-0.2, 0) is 4.79 Å². The maximum absolute atomic E-state index is 12.6. The second-order valence-corrected chi connectivity index (χ2v) is 6.60. The van der Waals surface area contributed by atoms with Gasteiger partial charge in [0.2, 0.25) is 0 Å². The fourth-order valence-corrected chi connectivity index (χ4v) is 4.51. The highest BCUT2D eigenvalue weighted by molar-refractivity contribution is 7.99. The van der Waals surface area contributed by atoms with E-state index in [-0.39, 0.29) is 11.5 Å². The number of thioether (sulfide) groups is 1. The van der Waals surface area contributed by atoms with Gasteiger partial charge in [0.25, 0.3) is 11.5 Å². The van der Waals surface area contributed by atoms with Gasteiger partial charge in [-0.05, 0) is 12.5 Å². The van der Waals surface area contributed by atoms with Gasteiger partial charge in [0.15, 0.2) is 0 Å². The number of carbonyl (C=O) groups is 2. The van der Waals surface area contributed by atoms with Gasteiger partial charge in [-0.25, -0.2) is 9.78 Å². The third kappa shape index (κ3) is 2.22. The summed E-state index contributed by atoms with van der Waals surface area (Å²) in [5, 5.41) is 9.55. The van der Waals surface area contributed by atoms with Crippen LogP contribution in [-0.4, -0.2) is 49.5 Å². The minimum Gasteiger partial charge on any atom is -0.480 e. The van der Waals surface area contributed by atoms with Crippen molar-refractivity contribution in [3.8, 4) is 0 Å². The average molecular weight is 325 g/mol. The first-order valence-corrected chi connectivity index (χ1v) is 8.06. The summed E-state index contributed by atoms with van der Waals surface area (Å²) in [5.74, 6) is -0.646. The van der Waals surface area contributed by atoms with Gasteiger partial charge in [0, 0.05) is 5.75 Å². The molecule has 0 aromatic carbocycles. The van der Waals surface area contributed by atoms with E-state index < -0.39 is 12.0 Å². The molecular weight excluding hydrogens is 314 g/mol. The number of aromatic nitrogens is 2. The maximum atomic E-state index is 12.6. The molecule has 2 N–H and O–H groups in total. The summed E-state index contributed by atoms with van der Waals surface area (Å²) in [4.78, 5) is 44.3. The van der Waals surface area contributed by atoms with Crippen molar-refractivity contribution in [1.82, 2.24) is 14.9 Å². The highest BCUT2D eigenvalue weighted by Crippen LogP contribution is 2.31. The quantitative estimate of drug-likeness (QED) is 0.850. The smallest absolute Gasteiger partial charge is 0.327 e. The Labute approximate surface area is 127 Å². The predicted molar refractivity (Wildman–Crippen MR) is 79.9 cm³/mol. The third-order valence-electron chi connectivity index (χ3n) is 3.36. The monoisotopic (exact) mass is 325 g/mol. The number of amides is 1. The van der Waals surface area contributed by atoms with Crippen LogP contribution in [0.1, 0.15) is 15.2 Å². The molecule has 0 spiro atoms. The van der Waals surface area contributed by atoms with Crippen molar-refractivity contribution in [2.45, 2.75) is 13.0 Å². The number of aliphatic carboxylic acids is 1. The molecule has 0 radical (unpaired) electrons. The molecule has 0 aliphatic carbocycles. The number of H-pyrrole nitrogens is 1. The fourth-order valence-electron chi connectivity index (χ4n) is 2.26. The van der Waals surface area contributed by atoms with E-state index in [1.165, 1.54) is 23.0 Å². The molecule has 1 aliphatic rings. The van der Waals surface area contributed by atoms with Crippen LogP contribution in [0.5, 0.6) is 0 Å². The molecule has 2 aromatic heterocycles. The molecule has 0 saturated carbocycles. The number of rotatable bonds is 2. The molecule has 1 amide bonds. The molecular formula is C12H11N3O4S2. The van der Waals surface area contributed by atoms with Gasteiger partial charge in [-0.1, -0.05) is 0 Å². The lowest BCUT2D eigenvalue weighted by atomic mass is 10.2. The van der Waals surface area contributed by atoms with E-state index >= 15 is 0 Å². The van der Waals surface area contributed by atoms with Gasteiger partial charge in [0.05, 0.1) is 22.5 Å². The number of nitrogens with zero attached hydrogens (tertiary/aromatic N) is 2. The lowest BCUT2D eigenvalue weighted by Crippen LogP contribution is -2.41. The van der Waals surface area contributed by atoms with E-state index in [2.05, 4.69) is 9.97 Å². The Hall–Kier alpha value is -1.87. The number of hydrogen-bond acceptors (Lipinski definition) is 6. The average Bonchev–Trinajstić information content (AvgIpc) is 3.04. The second kappa shape index (κ2) is 5.15. The van der Waals surface area contributed by atoms with Gasteiger partial charge in [-0.3, -0.25) is 9.59 Å². The zero-order chi connectivity index (χ0) is 15.1. The molecule has 1 atom stereocenters. The van der Waals surface area contributed by atoms with Gasteiger partial charge < -0.3 is 15.0 Å². The summed E-state index contributed by atoms with van der Waals surface area (Å²) in [6.07, 6.45) is 1.29. The minimum atomic E-state index is -1.01. The molecule has 0 unspecified atom stereocenters. The van der Waals surface area contributed by atoms with Crippen LogP contribution in [0.15, 0.2) is 11.1 Å². The lowest BCUT2D eigenvalue weighted by molar-refractivity contribution is -0.140. The van der Waals surface area contributed by atoms with E-state index in [0.717, 1.165) is 11.3 Å². The summed E-state index contributed by atoms with van der Waals surface area (Å²) >= 11 is 2.53. The Bertz CT molecular complexity index is 797. The number of nitrogens with one attached hydrogen (secondary N) is 1. The number of hydrogen-bond donors (Lipinski definition) is 2. The van der Waals surface area contributed by atoms with Crippen molar-refractivity contribution < 1.29 is 14.7 Å². The number of aromatic amines is 1. The zero-order valence-corrected chi connectivity index (χ0v) is 12.6. The van der Waals surface area contributed by atoms with Crippen molar-refractivity contribution in [3.63, 3.8) is 0 Å². The first kappa shape index (κ1) is 14.1. The van der Waals surface area contributed by atoms with Gasteiger partial charge >= 0.3 is 5.97 Å². The van der Waals surface area contributed by atoms with Crippen LogP contribution in [0.2, 0.25) is 0 Å². The van der Waals surface area contributed by atoms with E-state index in [1.807, 2.05) is 0 Å². The molecule has 3 heterocycles. The van der Waals surface area contributed by atoms with Crippen LogP contribution in [0.3, 0.4) is 0 Å². The van der Waals surface area contributed by atoms with Gasteiger partial charge in [0.1, 0.15) is 10.9 Å². The van der Waals surface area contributed by atoms with Crippen LogP contribution in [0, 0.1) is 6.92 Å². The minimum absolute atomic E-state index is 0.293. The molecule has 1 saturated heterocycles. The SMILES string of the molecule is Cc1c(C(=O)N2CSC[C@H]2C(=O)O)sc2nc[nH]c(=O)c12. The normalized spacial score (nSPS) is 18.3. The largest absolute Gasteiger partial charge is 0.480 e. The number of carbonyl (C=O) groups excluding carboxylic acids is 1. The molecule has 21 heavy (non-hydrogen) atoms.